The minimum atomic E-state index is -1.86. The van der Waals surface area contributed by atoms with Crippen LogP contribution in [0.1, 0.15) is 97.5 Å². The molecule has 1 N–H and O–H groups in total. The van der Waals surface area contributed by atoms with E-state index in [0.29, 0.717) is 24.4 Å². The van der Waals surface area contributed by atoms with Crippen LogP contribution in [0, 0.1) is 17.8 Å². The Morgan fingerprint density at radius 3 is 2.48 bits per heavy atom. The summed E-state index contributed by atoms with van der Waals surface area (Å²) < 4.78 is 18.1. The molecule has 0 amide bonds. The second-order valence-corrected chi connectivity index (χ2v) is 18.5. The van der Waals surface area contributed by atoms with Gasteiger partial charge in [0.1, 0.15) is 5.75 Å². The van der Waals surface area contributed by atoms with Crippen LogP contribution in [-0.2, 0) is 15.8 Å². The summed E-state index contributed by atoms with van der Waals surface area (Å²) in [6.45, 7) is 15.5. The average molecular weight is 571 g/mol. The highest BCUT2D eigenvalue weighted by Crippen LogP contribution is 2.51. The Hall–Kier alpha value is -1.40. The van der Waals surface area contributed by atoms with Gasteiger partial charge in [0.15, 0.2) is 8.32 Å². The molecule has 5 atom stereocenters. The van der Waals surface area contributed by atoms with E-state index in [1.165, 1.54) is 44.1 Å². The number of aliphatic hydroxyl groups is 1. The first-order chi connectivity index (χ1) is 19.0. The molecule has 40 heavy (non-hydrogen) atoms. The second kappa shape index (κ2) is 15.7. The molecule has 1 unspecified atom stereocenters. The molecule has 1 saturated carbocycles. The van der Waals surface area contributed by atoms with Crippen LogP contribution in [0.3, 0.4) is 0 Å². The molecule has 0 spiro atoms. The summed E-state index contributed by atoms with van der Waals surface area (Å²) in [4.78, 5) is 0. The van der Waals surface area contributed by atoms with Crippen LogP contribution in [0.4, 0.5) is 0 Å². The van der Waals surface area contributed by atoms with Crippen LogP contribution >= 0.6 is 0 Å². The van der Waals surface area contributed by atoms with Gasteiger partial charge in [-0.2, -0.15) is 0 Å². The van der Waals surface area contributed by atoms with Gasteiger partial charge in [0.05, 0.1) is 25.9 Å². The fourth-order valence-corrected chi connectivity index (χ4v) is 7.41. The molecule has 0 bridgehead atoms. The number of rotatable bonds is 17. The third-order valence-corrected chi connectivity index (χ3v) is 14.1. The zero-order valence-corrected chi connectivity index (χ0v) is 27.6. The number of benzene rings is 1. The lowest BCUT2D eigenvalue weighted by Crippen LogP contribution is -2.45. The van der Waals surface area contributed by atoms with Crippen molar-refractivity contribution in [1.29, 1.82) is 0 Å². The van der Waals surface area contributed by atoms with Crippen molar-refractivity contribution in [1.82, 2.24) is 0 Å². The number of methoxy groups -OCH3 is 1. The zero-order chi connectivity index (χ0) is 29.2. The highest BCUT2D eigenvalue weighted by molar-refractivity contribution is 6.74. The van der Waals surface area contributed by atoms with Gasteiger partial charge in [-0.1, -0.05) is 89.3 Å². The first kappa shape index (κ1) is 33.1. The number of ether oxygens (including phenoxy) is 2. The Kier molecular flexibility index (Phi) is 13.0. The van der Waals surface area contributed by atoms with Crippen LogP contribution in [-0.4, -0.2) is 39.3 Å². The highest BCUT2D eigenvalue weighted by atomic mass is 28.4. The van der Waals surface area contributed by atoms with Crippen LogP contribution in [0.25, 0.3) is 0 Å². The topological polar surface area (TPSA) is 47.9 Å². The summed E-state index contributed by atoms with van der Waals surface area (Å²) in [7, 11) is -0.164. The van der Waals surface area contributed by atoms with Gasteiger partial charge in [0.2, 0.25) is 0 Å². The lowest BCUT2D eigenvalue weighted by molar-refractivity contribution is 0.117. The standard InChI is InChI=1S/C35H58O4Si/c1-8-9-11-15-30(36)18-21-32-33-24-28(23-29(33)25-34(32)39-40(6,7)35(2,3)4)14-12-10-13-22-38-26-27-16-19-31(37-5)20-17-27/h16-21,23,29-30,32-34,36H,8-15,22,24-26H2,1-7H3/b21-18+/t29-,30?,32+,33-,34+/m0/s1. The second-order valence-electron chi connectivity index (χ2n) is 13.7. The molecule has 1 aromatic carbocycles. The van der Waals surface area contributed by atoms with Crippen molar-refractivity contribution in [3.63, 3.8) is 0 Å². The molecule has 2 aliphatic rings. The first-order valence-electron chi connectivity index (χ1n) is 16.0. The van der Waals surface area contributed by atoms with Crippen LogP contribution in [0.2, 0.25) is 18.1 Å². The number of fused-ring (bicyclic) bond motifs is 1. The molecular weight excluding hydrogens is 512 g/mol. The van der Waals surface area contributed by atoms with Crippen LogP contribution < -0.4 is 4.74 Å². The van der Waals surface area contributed by atoms with Gasteiger partial charge in [0.25, 0.3) is 0 Å². The SMILES string of the molecule is CCCCCC(O)/C=C/[C@@H]1[C@H]2CC(CCCCCOCc3ccc(OC)cc3)=C[C@H]2C[C@H]1O[Si](C)(C)C(C)(C)C. The van der Waals surface area contributed by atoms with E-state index in [9.17, 15) is 5.11 Å². The van der Waals surface area contributed by atoms with Gasteiger partial charge in [-0.3, -0.25) is 0 Å². The molecule has 0 saturated heterocycles. The maximum Gasteiger partial charge on any atom is 0.192 e. The highest BCUT2D eigenvalue weighted by Gasteiger charge is 2.48. The van der Waals surface area contributed by atoms with Gasteiger partial charge < -0.3 is 19.0 Å². The minimum Gasteiger partial charge on any atom is -0.497 e. The van der Waals surface area contributed by atoms with Crippen molar-refractivity contribution in [2.75, 3.05) is 13.7 Å². The van der Waals surface area contributed by atoms with Crippen LogP contribution in [0.5, 0.6) is 5.75 Å². The van der Waals surface area contributed by atoms with Gasteiger partial charge in [-0.25, -0.2) is 0 Å². The fraction of sp³-hybridized carbons (Fsp3) is 0.714. The largest absolute Gasteiger partial charge is 0.497 e. The average Bonchev–Trinajstić information content (AvgIpc) is 3.43. The Bertz CT molecular complexity index is 930. The summed E-state index contributed by atoms with van der Waals surface area (Å²) in [5, 5.41) is 10.8. The number of aliphatic hydroxyl groups excluding tert-OH is 1. The fourth-order valence-electron chi connectivity index (χ4n) is 6.05. The van der Waals surface area contributed by atoms with E-state index in [1.807, 2.05) is 12.1 Å². The monoisotopic (exact) mass is 570 g/mol. The quantitative estimate of drug-likeness (QED) is 0.115. The Morgan fingerprint density at radius 2 is 1.80 bits per heavy atom. The van der Waals surface area contributed by atoms with E-state index in [-0.39, 0.29) is 17.2 Å². The predicted molar refractivity (Wildman–Crippen MR) is 170 cm³/mol. The molecule has 5 heteroatoms. The van der Waals surface area contributed by atoms with E-state index in [4.69, 9.17) is 13.9 Å². The van der Waals surface area contributed by atoms with Crippen LogP contribution in [0.15, 0.2) is 48.1 Å². The predicted octanol–water partition coefficient (Wildman–Crippen LogP) is 9.24. The third kappa shape index (κ3) is 9.86. The molecule has 1 aromatic rings. The summed E-state index contributed by atoms with van der Waals surface area (Å²) in [5.74, 6) is 2.52. The Labute approximate surface area is 246 Å². The molecule has 0 aliphatic heterocycles. The molecule has 0 aromatic heterocycles. The molecule has 3 rings (SSSR count). The Balaban J connectivity index is 1.47. The number of hydrogen-bond acceptors (Lipinski definition) is 4. The summed E-state index contributed by atoms with van der Waals surface area (Å²) in [6, 6.07) is 8.11. The lowest BCUT2D eigenvalue weighted by Gasteiger charge is -2.40. The molecule has 1 fully saturated rings. The smallest absolute Gasteiger partial charge is 0.192 e. The maximum atomic E-state index is 10.6. The number of unbranched alkanes of at least 4 members (excludes halogenated alkanes) is 4. The Morgan fingerprint density at radius 1 is 1.05 bits per heavy atom. The van der Waals surface area contributed by atoms with Crippen molar-refractivity contribution in [3.8, 4) is 5.75 Å². The van der Waals surface area contributed by atoms with Crippen molar-refractivity contribution in [3.05, 3.63) is 53.6 Å². The first-order valence-corrected chi connectivity index (χ1v) is 18.9. The number of allylic oxidation sites excluding steroid dienone is 2. The van der Waals surface area contributed by atoms with Gasteiger partial charge in [-0.05, 0) is 86.2 Å². The molecule has 0 heterocycles. The van der Waals surface area contributed by atoms with Crippen molar-refractivity contribution < 1.29 is 19.0 Å². The van der Waals surface area contributed by atoms with Gasteiger partial charge in [-0.15, -0.1) is 0 Å². The van der Waals surface area contributed by atoms with E-state index in [2.05, 4.69) is 71.1 Å². The zero-order valence-electron chi connectivity index (χ0n) is 26.6. The summed E-state index contributed by atoms with van der Waals surface area (Å²) >= 11 is 0. The van der Waals surface area contributed by atoms with Gasteiger partial charge in [0, 0.05) is 12.5 Å². The van der Waals surface area contributed by atoms with Crippen molar-refractivity contribution in [2.24, 2.45) is 17.8 Å². The van der Waals surface area contributed by atoms with E-state index in [1.54, 1.807) is 12.7 Å². The molecular formula is C35H58O4Si. The minimum absolute atomic E-state index is 0.206. The molecule has 2 aliphatic carbocycles. The third-order valence-electron chi connectivity index (χ3n) is 9.55. The van der Waals surface area contributed by atoms with E-state index in [0.717, 1.165) is 38.0 Å². The lowest BCUT2D eigenvalue weighted by atomic mass is 9.88. The summed E-state index contributed by atoms with van der Waals surface area (Å²) in [6.07, 6.45) is 18.4. The summed E-state index contributed by atoms with van der Waals surface area (Å²) in [5.41, 5.74) is 2.83. The normalized spacial score (nSPS) is 23.9. The molecule has 4 nitrogen and oxygen atoms in total. The molecule has 0 radical (unpaired) electrons. The van der Waals surface area contributed by atoms with E-state index >= 15 is 0 Å². The molecule has 226 valence electrons. The maximum absolute atomic E-state index is 10.6. The van der Waals surface area contributed by atoms with E-state index < -0.39 is 8.32 Å². The van der Waals surface area contributed by atoms with Crippen molar-refractivity contribution in [2.45, 2.75) is 129 Å². The van der Waals surface area contributed by atoms with Crippen molar-refractivity contribution >= 4 is 8.32 Å². The van der Waals surface area contributed by atoms with Gasteiger partial charge >= 0.3 is 0 Å². The number of hydrogen-bond donors (Lipinski definition) is 1.